The van der Waals surface area contributed by atoms with Crippen LogP contribution in [-0.2, 0) is 38.1 Å². The molecule has 0 fully saturated rings. The Kier molecular flexibility index (Phi) is 16.2. The van der Waals surface area contributed by atoms with Gasteiger partial charge in [-0.25, -0.2) is 0 Å². The molecular formula is C30H42O8. The summed E-state index contributed by atoms with van der Waals surface area (Å²) in [5.74, 6) is 2.02. The first-order valence-corrected chi connectivity index (χ1v) is 13.0. The maximum Gasteiger partial charge on any atom is 0.324 e. The van der Waals surface area contributed by atoms with Crippen molar-refractivity contribution in [3.05, 3.63) is 23.8 Å². The summed E-state index contributed by atoms with van der Waals surface area (Å²) in [5, 5.41) is 0. The van der Waals surface area contributed by atoms with Gasteiger partial charge in [-0.15, -0.1) is 24.7 Å². The lowest BCUT2D eigenvalue weighted by molar-refractivity contribution is -0.174. The van der Waals surface area contributed by atoms with E-state index in [4.69, 9.17) is 31.8 Å². The number of allylic oxidation sites excluding steroid dienone is 3. The molecule has 0 radical (unpaired) electrons. The van der Waals surface area contributed by atoms with Crippen molar-refractivity contribution >= 4 is 23.9 Å². The van der Waals surface area contributed by atoms with Gasteiger partial charge in [0.25, 0.3) is 0 Å². The van der Waals surface area contributed by atoms with Gasteiger partial charge in [-0.1, -0.05) is 23.8 Å². The van der Waals surface area contributed by atoms with E-state index in [1.165, 1.54) is 0 Å². The minimum absolute atomic E-state index is 0.106. The van der Waals surface area contributed by atoms with Crippen LogP contribution in [0.15, 0.2) is 23.8 Å². The summed E-state index contributed by atoms with van der Waals surface area (Å²) >= 11 is 0. The third-order valence-electron chi connectivity index (χ3n) is 6.13. The number of carbonyl (C=O) groups is 4. The summed E-state index contributed by atoms with van der Waals surface area (Å²) in [7, 11) is 0. The maximum absolute atomic E-state index is 12.7. The van der Waals surface area contributed by atoms with Gasteiger partial charge < -0.3 is 18.9 Å². The summed E-state index contributed by atoms with van der Waals surface area (Å²) in [6, 6.07) is 0. The van der Waals surface area contributed by atoms with E-state index in [0.29, 0.717) is 19.3 Å². The van der Waals surface area contributed by atoms with Crippen LogP contribution in [-0.4, -0.2) is 50.3 Å². The predicted octanol–water partition coefficient (Wildman–Crippen LogP) is 4.71. The molecule has 8 heteroatoms. The van der Waals surface area contributed by atoms with Crippen molar-refractivity contribution in [2.24, 2.45) is 10.8 Å². The van der Waals surface area contributed by atoms with Gasteiger partial charge >= 0.3 is 23.9 Å². The van der Waals surface area contributed by atoms with Crippen LogP contribution in [0, 0.1) is 35.5 Å². The van der Waals surface area contributed by atoms with Crippen LogP contribution in [0.1, 0.15) is 79.6 Å². The Hall–Kier alpha value is -3.52. The van der Waals surface area contributed by atoms with E-state index in [-0.39, 0.29) is 52.1 Å². The molecular weight excluding hydrogens is 488 g/mol. The summed E-state index contributed by atoms with van der Waals surface area (Å²) in [4.78, 5) is 50.9. The number of ether oxygens (including phenoxy) is 4. The topological polar surface area (TPSA) is 105 Å². The van der Waals surface area contributed by atoms with Crippen molar-refractivity contribution in [3.63, 3.8) is 0 Å². The molecule has 0 atom stereocenters. The first-order valence-electron chi connectivity index (χ1n) is 13.0. The van der Waals surface area contributed by atoms with Gasteiger partial charge in [0.2, 0.25) is 0 Å². The van der Waals surface area contributed by atoms with Crippen LogP contribution in [0.5, 0.6) is 0 Å². The minimum atomic E-state index is -1.59. The van der Waals surface area contributed by atoms with Gasteiger partial charge in [0.1, 0.15) is 0 Å². The van der Waals surface area contributed by atoms with Gasteiger partial charge in [0.15, 0.2) is 10.8 Å². The number of carbonyl (C=O) groups excluding carboxylic acids is 4. The molecule has 0 heterocycles. The number of hydrogen-bond donors (Lipinski definition) is 0. The molecule has 0 rings (SSSR count). The standard InChI is InChI=1S/C30H42O8/c1-9-19-29(25(31)35-11-3,26(32)36-12-4)21-15-17-23(7)24(8)18-16-22-30(20-10-2,27(33)37-13-5)28(34)38-14-6/h1-2,18H,7,11-17,19-22H2,3-6,8H3/b24-18+. The monoisotopic (exact) mass is 530 g/mol. The van der Waals surface area contributed by atoms with E-state index in [2.05, 4.69) is 18.4 Å². The lowest BCUT2D eigenvalue weighted by Crippen LogP contribution is -2.42. The fourth-order valence-corrected chi connectivity index (χ4v) is 3.95. The van der Waals surface area contributed by atoms with Crippen molar-refractivity contribution in [2.45, 2.75) is 79.6 Å². The maximum atomic E-state index is 12.7. The summed E-state index contributed by atoms with van der Waals surface area (Å²) in [6.07, 6.45) is 14.0. The van der Waals surface area contributed by atoms with E-state index < -0.39 is 34.7 Å². The molecule has 0 aromatic rings. The zero-order chi connectivity index (χ0) is 29.2. The minimum Gasteiger partial charge on any atom is -0.465 e. The second kappa shape index (κ2) is 17.9. The first-order chi connectivity index (χ1) is 18.1. The van der Waals surface area contributed by atoms with Crippen molar-refractivity contribution in [2.75, 3.05) is 26.4 Å². The van der Waals surface area contributed by atoms with Crippen LogP contribution in [0.2, 0.25) is 0 Å². The summed E-state index contributed by atoms with van der Waals surface area (Å²) in [5.41, 5.74) is -1.57. The molecule has 0 bridgehead atoms. The highest BCUT2D eigenvalue weighted by Crippen LogP contribution is 2.35. The molecule has 0 aliphatic heterocycles. The average molecular weight is 531 g/mol. The summed E-state index contributed by atoms with van der Waals surface area (Å²) in [6.45, 7) is 13.0. The Labute approximate surface area is 227 Å². The zero-order valence-corrected chi connectivity index (χ0v) is 23.5. The van der Waals surface area contributed by atoms with Crippen LogP contribution in [0.3, 0.4) is 0 Å². The molecule has 0 aromatic heterocycles. The lowest BCUT2D eigenvalue weighted by Gasteiger charge is -2.27. The van der Waals surface area contributed by atoms with Gasteiger partial charge in [-0.3, -0.25) is 19.2 Å². The molecule has 0 N–H and O–H groups in total. The van der Waals surface area contributed by atoms with E-state index in [0.717, 1.165) is 11.1 Å². The third kappa shape index (κ3) is 9.41. The smallest absolute Gasteiger partial charge is 0.324 e. The Balaban J connectivity index is 5.58. The molecule has 0 saturated carbocycles. The molecule has 38 heavy (non-hydrogen) atoms. The molecule has 0 aromatic carbocycles. The van der Waals surface area contributed by atoms with Gasteiger partial charge in [0, 0.05) is 12.8 Å². The van der Waals surface area contributed by atoms with Crippen molar-refractivity contribution < 1.29 is 38.1 Å². The fourth-order valence-electron chi connectivity index (χ4n) is 3.95. The molecule has 0 unspecified atom stereocenters. The Morgan fingerprint density at radius 1 is 0.737 bits per heavy atom. The van der Waals surface area contributed by atoms with Gasteiger partial charge in [0.05, 0.1) is 26.4 Å². The van der Waals surface area contributed by atoms with Gasteiger partial charge in [-0.2, -0.15) is 0 Å². The predicted molar refractivity (Wildman–Crippen MR) is 144 cm³/mol. The molecule has 0 aliphatic carbocycles. The van der Waals surface area contributed by atoms with Crippen molar-refractivity contribution in [1.82, 2.24) is 0 Å². The molecule has 8 nitrogen and oxygen atoms in total. The zero-order valence-electron chi connectivity index (χ0n) is 23.5. The number of esters is 4. The fraction of sp³-hybridized carbons (Fsp3) is 0.600. The number of hydrogen-bond acceptors (Lipinski definition) is 8. The molecule has 0 aliphatic rings. The third-order valence-corrected chi connectivity index (χ3v) is 6.13. The Bertz CT molecular complexity index is 908. The molecule has 210 valence electrons. The quantitative estimate of drug-likeness (QED) is 0.0825. The molecule has 0 amide bonds. The van der Waals surface area contributed by atoms with Crippen LogP contribution in [0.25, 0.3) is 0 Å². The number of terminal acetylenes is 2. The average Bonchev–Trinajstić information content (AvgIpc) is 2.87. The van der Waals surface area contributed by atoms with Crippen LogP contribution in [0.4, 0.5) is 0 Å². The molecule has 0 saturated heterocycles. The van der Waals surface area contributed by atoms with Crippen LogP contribution >= 0.6 is 0 Å². The highest BCUT2D eigenvalue weighted by Gasteiger charge is 2.48. The highest BCUT2D eigenvalue weighted by molar-refractivity contribution is 6.01. The van der Waals surface area contributed by atoms with Crippen molar-refractivity contribution in [3.8, 4) is 24.7 Å². The van der Waals surface area contributed by atoms with Crippen molar-refractivity contribution in [1.29, 1.82) is 0 Å². The van der Waals surface area contributed by atoms with E-state index in [1.54, 1.807) is 27.7 Å². The number of rotatable bonds is 18. The first kappa shape index (κ1) is 34.5. The van der Waals surface area contributed by atoms with E-state index >= 15 is 0 Å². The Morgan fingerprint density at radius 2 is 1.11 bits per heavy atom. The second-order valence-electron chi connectivity index (χ2n) is 8.69. The second-order valence-corrected chi connectivity index (χ2v) is 8.69. The highest BCUT2D eigenvalue weighted by atomic mass is 16.6. The lowest BCUT2D eigenvalue weighted by atomic mass is 9.78. The Morgan fingerprint density at radius 3 is 1.45 bits per heavy atom. The van der Waals surface area contributed by atoms with Gasteiger partial charge in [-0.05, 0) is 66.7 Å². The molecule has 0 spiro atoms. The van der Waals surface area contributed by atoms with Crippen LogP contribution < -0.4 is 0 Å². The SMILES string of the molecule is C#CCC(CC/C=C(\C)C(=C)CCCC(CC#C)(C(=O)OCC)C(=O)OCC)(C(=O)OCC)C(=O)OCC. The normalized spacial score (nSPS) is 11.5. The van der Waals surface area contributed by atoms with E-state index in [9.17, 15) is 19.2 Å². The van der Waals surface area contributed by atoms with E-state index in [1.807, 2.05) is 13.0 Å². The largest absolute Gasteiger partial charge is 0.465 e. The summed E-state index contributed by atoms with van der Waals surface area (Å²) < 4.78 is 20.6.